The molecule has 0 radical (unpaired) electrons. The quantitative estimate of drug-likeness (QED) is 0.631. The van der Waals surface area contributed by atoms with Crippen LogP contribution in [0.2, 0.25) is 0 Å². The van der Waals surface area contributed by atoms with Gasteiger partial charge in [-0.3, -0.25) is 4.98 Å². The number of carbonyl (C=O) groups excluding carboxylic acids is 1. The number of fused-ring (bicyclic) bond motifs is 1. The van der Waals surface area contributed by atoms with Crippen LogP contribution in [0.4, 0.5) is 0 Å². The molecule has 0 amide bonds. The summed E-state index contributed by atoms with van der Waals surface area (Å²) >= 11 is 5.81. The van der Waals surface area contributed by atoms with Crippen LogP contribution in [0.1, 0.15) is 21.6 Å². The third-order valence-electron chi connectivity index (χ3n) is 2.81. The molecular formula is C14H14ClNO2. The number of esters is 1. The standard InChI is InChI=1S/C14H14ClNO2/c1-9-7-10(5-6-15)12-8-11(14(17)18-2)3-4-13(12)16-9/h3-4,7-8H,5-6H2,1-2H3. The molecule has 2 aromatic rings. The minimum atomic E-state index is -0.339. The first-order chi connectivity index (χ1) is 8.65. The van der Waals surface area contributed by atoms with E-state index < -0.39 is 0 Å². The fraction of sp³-hybridized carbons (Fsp3) is 0.286. The Labute approximate surface area is 111 Å². The van der Waals surface area contributed by atoms with Crippen LogP contribution in [0.5, 0.6) is 0 Å². The van der Waals surface area contributed by atoms with Gasteiger partial charge in [0.2, 0.25) is 0 Å². The van der Waals surface area contributed by atoms with Crippen LogP contribution < -0.4 is 0 Å². The van der Waals surface area contributed by atoms with E-state index >= 15 is 0 Å². The molecule has 0 bridgehead atoms. The van der Waals surface area contributed by atoms with E-state index in [9.17, 15) is 4.79 Å². The molecule has 0 atom stereocenters. The molecule has 0 aliphatic heterocycles. The number of pyridine rings is 1. The topological polar surface area (TPSA) is 39.2 Å². The van der Waals surface area contributed by atoms with Crippen molar-refractivity contribution in [1.29, 1.82) is 0 Å². The van der Waals surface area contributed by atoms with Crippen LogP contribution in [0, 0.1) is 6.92 Å². The highest BCUT2D eigenvalue weighted by Gasteiger charge is 2.09. The number of nitrogens with zero attached hydrogens (tertiary/aromatic N) is 1. The van der Waals surface area contributed by atoms with E-state index in [0.29, 0.717) is 11.4 Å². The second-order valence-corrected chi connectivity index (χ2v) is 4.46. The van der Waals surface area contributed by atoms with Crippen molar-refractivity contribution in [2.45, 2.75) is 13.3 Å². The number of ether oxygens (including phenoxy) is 1. The van der Waals surface area contributed by atoms with Gasteiger partial charge in [-0.15, -0.1) is 11.6 Å². The lowest BCUT2D eigenvalue weighted by Gasteiger charge is -2.08. The molecule has 2 rings (SSSR count). The monoisotopic (exact) mass is 263 g/mol. The highest BCUT2D eigenvalue weighted by molar-refractivity contribution is 6.18. The number of methoxy groups -OCH3 is 1. The third-order valence-corrected chi connectivity index (χ3v) is 3.00. The zero-order chi connectivity index (χ0) is 13.1. The van der Waals surface area contributed by atoms with Crippen molar-refractivity contribution in [2.75, 3.05) is 13.0 Å². The van der Waals surface area contributed by atoms with Gasteiger partial charge in [0.15, 0.2) is 0 Å². The van der Waals surface area contributed by atoms with Crippen molar-refractivity contribution >= 4 is 28.5 Å². The van der Waals surface area contributed by atoms with Crippen molar-refractivity contribution in [3.8, 4) is 0 Å². The zero-order valence-corrected chi connectivity index (χ0v) is 11.1. The maximum Gasteiger partial charge on any atom is 0.337 e. The Kier molecular flexibility index (Phi) is 3.82. The molecule has 0 saturated carbocycles. The number of rotatable bonds is 3. The predicted molar refractivity (Wildman–Crippen MR) is 72.2 cm³/mol. The van der Waals surface area contributed by atoms with E-state index in [4.69, 9.17) is 16.3 Å². The molecule has 1 aromatic heterocycles. The van der Waals surface area contributed by atoms with Crippen LogP contribution >= 0.6 is 11.6 Å². The fourth-order valence-corrected chi connectivity index (χ4v) is 2.20. The largest absolute Gasteiger partial charge is 0.465 e. The minimum Gasteiger partial charge on any atom is -0.465 e. The summed E-state index contributed by atoms with van der Waals surface area (Å²) in [5, 5.41) is 0.962. The first-order valence-electron chi connectivity index (χ1n) is 5.70. The molecule has 94 valence electrons. The first kappa shape index (κ1) is 12.8. The molecule has 0 spiro atoms. The molecular weight excluding hydrogens is 250 g/mol. The van der Waals surface area contributed by atoms with E-state index in [2.05, 4.69) is 4.98 Å². The van der Waals surface area contributed by atoms with Gasteiger partial charge in [0, 0.05) is 17.0 Å². The van der Waals surface area contributed by atoms with Crippen molar-refractivity contribution in [3.05, 3.63) is 41.1 Å². The van der Waals surface area contributed by atoms with Gasteiger partial charge in [0.25, 0.3) is 0 Å². The van der Waals surface area contributed by atoms with Crippen molar-refractivity contribution < 1.29 is 9.53 Å². The Morgan fingerprint density at radius 1 is 1.39 bits per heavy atom. The Hall–Kier alpha value is -1.61. The molecule has 1 heterocycles. The number of aryl methyl sites for hydroxylation is 2. The highest BCUT2D eigenvalue weighted by atomic mass is 35.5. The summed E-state index contributed by atoms with van der Waals surface area (Å²) in [5.41, 5.74) is 3.47. The number of hydrogen-bond acceptors (Lipinski definition) is 3. The van der Waals surface area contributed by atoms with Gasteiger partial charge >= 0.3 is 5.97 Å². The van der Waals surface area contributed by atoms with Crippen molar-refractivity contribution in [1.82, 2.24) is 4.98 Å². The van der Waals surface area contributed by atoms with Crippen LogP contribution in [-0.4, -0.2) is 23.9 Å². The molecule has 0 aliphatic carbocycles. The van der Waals surface area contributed by atoms with Crippen LogP contribution in [0.25, 0.3) is 10.9 Å². The maximum atomic E-state index is 11.5. The molecule has 18 heavy (non-hydrogen) atoms. The number of benzene rings is 1. The second kappa shape index (κ2) is 5.36. The van der Waals surface area contributed by atoms with Gasteiger partial charge in [-0.25, -0.2) is 4.79 Å². The lowest BCUT2D eigenvalue weighted by molar-refractivity contribution is 0.0601. The van der Waals surface area contributed by atoms with Gasteiger partial charge in [-0.2, -0.15) is 0 Å². The predicted octanol–water partition coefficient (Wildman–Crippen LogP) is 3.11. The van der Waals surface area contributed by atoms with E-state index in [1.165, 1.54) is 7.11 Å². The van der Waals surface area contributed by atoms with Crippen molar-refractivity contribution in [3.63, 3.8) is 0 Å². The first-order valence-corrected chi connectivity index (χ1v) is 6.23. The summed E-state index contributed by atoms with van der Waals surface area (Å²) in [6, 6.07) is 7.39. The van der Waals surface area contributed by atoms with Gasteiger partial charge in [0.1, 0.15) is 0 Å². The van der Waals surface area contributed by atoms with E-state index in [1.807, 2.05) is 25.1 Å². The van der Waals surface area contributed by atoms with E-state index in [-0.39, 0.29) is 5.97 Å². The third kappa shape index (κ3) is 2.46. The van der Waals surface area contributed by atoms with Gasteiger partial charge in [0.05, 0.1) is 18.2 Å². The molecule has 1 aromatic carbocycles. The van der Waals surface area contributed by atoms with E-state index in [0.717, 1.165) is 28.6 Å². The molecule has 0 unspecified atom stereocenters. The van der Waals surface area contributed by atoms with Crippen LogP contribution in [-0.2, 0) is 11.2 Å². The summed E-state index contributed by atoms with van der Waals surface area (Å²) in [4.78, 5) is 16.0. The maximum absolute atomic E-state index is 11.5. The lowest BCUT2D eigenvalue weighted by atomic mass is 10.0. The lowest BCUT2D eigenvalue weighted by Crippen LogP contribution is -2.02. The average molecular weight is 264 g/mol. The number of halogens is 1. The molecule has 0 saturated heterocycles. The summed E-state index contributed by atoms with van der Waals surface area (Å²) in [6.45, 7) is 1.95. The molecule has 0 aliphatic rings. The van der Waals surface area contributed by atoms with Gasteiger partial charge in [-0.05, 0) is 43.2 Å². The Balaban J connectivity index is 2.62. The summed E-state index contributed by atoms with van der Waals surface area (Å²) in [6.07, 6.45) is 0.756. The summed E-state index contributed by atoms with van der Waals surface area (Å²) < 4.78 is 4.72. The highest BCUT2D eigenvalue weighted by Crippen LogP contribution is 2.21. The average Bonchev–Trinajstić information content (AvgIpc) is 2.37. The molecule has 3 nitrogen and oxygen atoms in total. The SMILES string of the molecule is COC(=O)c1ccc2nc(C)cc(CCCl)c2c1. The summed E-state index contributed by atoms with van der Waals surface area (Å²) in [7, 11) is 1.37. The van der Waals surface area contributed by atoms with E-state index in [1.54, 1.807) is 6.07 Å². The normalized spacial score (nSPS) is 10.6. The van der Waals surface area contributed by atoms with Crippen molar-refractivity contribution in [2.24, 2.45) is 0 Å². The number of hydrogen-bond donors (Lipinski definition) is 0. The zero-order valence-electron chi connectivity index (χ0n) is 10.4. The molecule has 0 fully saturated rings. The smallest absolute Gasteiger partial charge is 0.337 e. The van der Waals surface area contributed by atoms with Gasteiger partial charge < -0.3 is 4.74 Å². The van der Waals surface area contributed by atoms with Gasteiger partial charge in [-0.1, -0.05) is 0 Å². The minimum absolute atomic E-state index is 0.339. The second-order valence-electron chi connectivity index (χ2n) is 4.09. The number of carbonyl (C=O) groups is 1. The molecule has 0 N–H and O–H groups in total. The number of alkyl halides is 1. The summed E-state index contributed by atoms with van der Waals surface area (Å²) in [5.74, 6) is 0.204. The molecule has 4 heteroatoms. The fourth-order valence-electron chi connectivity index (χ4n) is 2.00. The Bertz CT molecular complexity index is 596. The van der Waals surface area contributed by atoms with Crippen LogP contribution in [0.3, 0.4) is 0 Å². The number of aromatic nitrogens is 1. The Morgan fingerprint density at radius 2 is 2.17 bits per heavy atom. The Morgan fingerprint density at radius 3 is 2.83 bits per heavy atom. The van der Waals surface area contributed by atoms with Crippen LogP contribution in [0.15, 0.2) is 24.3 Å².